The average molecular weight is 344 g/mol. The van der Waals surface area contributed by atoms with Gasteiger partial charge in [-0.05, 0) is 55.7 Å². The van der Waals surface area contributed by atoms with E-state index in [2.05, 4.69) is 24.3 Å². The number of hydrogen-bond donors (Lipinski definition) is 0. The fourth-order valence-electron chi connectivity index (χ4n) is 3.53. The number of benzene rings is 2. The van der Waals surface area contributed by atoms with Crippen molar-refractivity contribution in [1.82, 2.24) is 0 Å². The van der Waals surface area contributed by atoms with E-state index in [0.717, 1.165) is 32.1 Å². The van der Waals surface area contributed by atoms with Gasteiger partial charge in [0.05, 0.1) is 17.0 Å². The Labute approximate surface area is 153 Å². The van der Waals surface area contributed by atoms with E-state index < -0.39 is 0 Å². The number of carbonyl (C=O) groups excluding carboxylic acids is 1. The number of nitrogens with zero attached hydrogens (tertiary/aromatic N) is 2. The van der Waals surface area contributed by atoms with E-state index >= 15 is 0 Å². The van der Waals surface area contributed by atoms with Crippen molar-refractivity contribution in [1.29, 1.82) is 10.5 Å². The lowest BCUT2D eigenvalue weighted by Crippen LogP contribution is -2.26. The molecule has 1 fully saturated rings. The van der Waals surface area contributed by atoms with Gasteiger partial charge in [0, 0.05) is 6.07 Å². The molecule has 3 rings (SSSR count). The SMILES string of the molecule is N#Cc1ccc(OC(=O)C2CCC(Cc3ccccc3)CC2)cc1C#N. The first-order chi connectivity index (χ1) is 12.7. The summed E-state index contributed by atoms with van der Waals surface area (Å²) in [6.45, 7) is 0. The van der Waals surface area contributed by atoms with Gasteiger partial charge in [0.25, 0.3) is 0 Å². The van der Waals surface area contributed by atoms with Crippen molar-refractivity contribution < 1.29 is 9.53 Å². The number of rotatable bonds is 4. The van der Waals surface area contributed by atoms with E-state index in [4.69, 9.17) is 15.3 Å². The van der Waals surface area contributed by atoms with Gasteiger partial charge in [-0.15, -0.1) is 0 Å². The number of hydrogen-bond acceptors (Lipinski definition) is 4. The Hall–Kier alpha value is -3.11. The molecule has 0 saturated heterocycles. The first-order valence-corrected chi connectivity index (χ1v) is 8.89. The summed E-state index contributed by atoms with van der Waals surface area (Å²) in [4.78, 5) is 12.4. The third kappa shape index (κ3) is 4.29. The van der Waals surface area contributed by atoms with E-state index in [1.54, 1.807) is 6.07 Å². The molecule has 4 heteroatoms. The molecule has 0 atom stereocenters. The van der Waals surface area contributed by atoms with Gasteiger partial charge in [0.15, 0.2) is 0 Å². The van der Waals surface area contributed by atoms with Gasteiger partial charge in [-0.25, -0.2) is 0 Å². The van der Waals surface area contributed by atoms with Crippen LogP contribution in [0.1, 0.15) is 42.4 Å². The van der Waals surface area contributed by atoms with Crippen LogP contribution in [0.25, 0.3) is 0 Å². The summed E-state index contributed by atoms with van der Waals surface area (Å²) in [7, 11) is 0. The van der Waals surface area contributed by atoms with Crippen molar-refractivity contribution >= 4 is 5.97 Å². The summed E-state index contributed by atoms with van der Waals surface area (Å²) in [5.41, 5.74) is 1.86. The topological polar surface area (TPSA) is 73.9 Å². The van der Waals surface area contributed by atoms with Crippen molar-refractivity contribution in [3.63, 3.8) is 0 Å². The lowest BCUT2D eigenvalue weighted by atomic mass is 9.79. The summed E-state index contributed by atoms with van der Waals surface area (Å²) >= 11 is 0. The largest absolute Gasteiger partial charge is 0.426 e. The van der Waals surface area contributed by atoms with Crippen LogP contribution in [0.5, 0.6) is 5.75 Å². The van der Waals surface area contributed by atoms with Crippen molar-refractivity contribution in [3.8, 4) is 17.9 Å². The van der Waals surface area contributed by atoms with Gasteiger partial charge in [0.1, 0.15) is 17.9 Å². The van der Waals surface area contributed by atoms with Crippen LogP contribution >= 0.6 is 0 Å². The van der Waals surface area contributed by atoms with E-state index in [-0.39, 0.29) is 23.0 Å². The summed E-state index contributed by atoms with van der Waals surface area (Å²) in [6.07, 6.45) is 4.76. The Morgan fingerprint density at radius 3 is 2.31 bits per heavy atom. The smallest absolute Gasteiger partial charge is 0.314 e. The van der Waals surface area contributed by atoms with Crippen LogP contribution < -0.4 is 4.74 Å². The first kappa shape index (κ1) is 17.7. The Kier molecular flexibility index (Phi) is 5.66. The van der Waals surface area contributed by atoms with E-state index in [0.29, 0.717) is 11.7 Å². The Balaban J connectivity index is 1.54. The highest BCUT2D eigenvalue weighted by Crippen LogP contribution is 2.32. The van der Waals surface area contributed by atoms with Crippen LogP contribution in [-0.4, -0.2) is 5.97 Å². The first-order valence-electron chi connectivity index (χ1n) is 8.89. The van der Waals surface area contributed by atoms with Crippen molar-refractivity contribution in [2.45, 2.75) is 32.1 Å². The second-order valence-corrected chi connectivity index (χ2v) is 6.76. The highest BCUT2D eigenvalue weighted by molar-refractivity contribution is 5.75. The molecule has 1 aliphatic carbocycles. The highest BCUT2D eigenvalue weighted by Gasteiger charge is 2.28. The molecule has 2 aromatic carbocycles. The molecule has 1 saturated carbocycles. The second-order valence-electron chi connectivity index (χ2n) is 6.76. The van der Waals surface area contributed by atoms with Crippen molar-refractivity contribution in [2.75, 3.05) is 0 Å². The highest BCUT2D eigenvalue weighted by atomic mass is 16.5. The maximum atomic E-state index is 12.4. The molecule has 0 radical (unpaired) electrons. The predicted molar refractivity (Wildman–Crippen MR) is 97.1 cm³/mol. The molecule has 0 heterocycles. The molecule has 130 valence electrons. The quantitative estimate of drug-likeness (QED) is 0.609. The van der Waals surface area contributed by atoms with Crippen LogP contribution in [0.2, 0.25) is 0 Å². The van der Waals surface area contributed by atoms with Crippen LogP contribution in [0.3, 0.4) is 0 Å². The molecule has 0 bridgehead atoms. The van der Waals surface area contributed by atoms with E-state index in [9.17, 15) is 4.79 Å². The molecule has 2 aromatic rings. The zero-order chi connectivity index (χ0) is 18.4. The summed E-state index contributed by atoms with van der Waals surface area (Å²) in [5, 5.41) is 18.0. The molecule has 0 unspecified atom stereocenters. The number of esters is 1. The maximum Gasteiger partial charge on any atom is 0.314 e. The average Bonchev–Trinajstić information content (AvgIpc) is 2.69. The van der Waals surface area contributed by atoms with E-state index in [1.165, 1.54) is 17.7 Å². The molecule has 4 nitrogen and oxygen atoms in total. The molecular weight excluding hydrogens is 324 g/mol. The van der Waals surface area contributed by atoms with Crippen molar-refractivity contribution in [2.24, 2.45) is 11.8 Å². The summed E-state index contributed by atoms with van der Waals surface area (Å²) < 4.78 is 5.45. The van der Waals surface area contributed by atoms with Gasteiger partial charge in [0.2, 0.25) is 0 Å². The zero-order valence-corrected chi connectivity index (χ0v) is 14.5. The zero-order valence-electron chi connectivity index (χ0n) is 14.5. The molecule has 0 N–H and O–H groups in total. The maximum absolute atomic E-state index is 12.4. The number of ether oxygens (including phenoxy) is 1. The van der Waals surface area contributed by atoms with Crippen LogP contribution in [-0.2, 0) is 11.2 Å². The van der Waals surface area contributed by atoms with Crippen molar-refractivity contribution in [3.05, 3.63) is 65.2 Å². The second kappa shape index (κ2) is 8.32. The number of carbonyl (C=O) groups is 1. The predicted octanol–water partition coefficient (Wildman–Crippen LogP) is 4.38. The molecule has 0 spiro atoms. The molecule has 1 aliphatic rings. The van der Waals surface area contributed by atoms with Gasteiger partial charge in [-0.1, -0.05) is 30.3 Å². The lowest BCUT2D eigenvalue weighted by Gasteiger charge is -2.27. The minimum Gasteiger partial charge on any atom is -0.426 e. The Morgan fingerprint density at radius 1 is 0.962 bits per heavy atom. The standard InChI is InChI=1S/C22H20N2O2/c23-14-19-10-11-21(13-20(19)15-24)26-22(25)18-8-6-17(7-9-18)12-16-4-2-1-3-5-16/h1-5,10-11,13,17-18H,6-9,12H2. The van der Waals surface area contributed by atoms with Gasteiger partial charge in [-0.2, -0.15) is 10.5 Å². The number of nitriles is 2. The molecule has 0 amide bonds. The Morgan fingerprint density at radius 2 is 1.65 bits per heavy atom. The van der Waals surface area contributed by atoms with Gasteiger partial charge < -0.3 is 4.74 Å². The fraction of sp³-hybridized carbons (Fsp3) is 0.318. The fourth-order valence-corrected chi connectivity index (χ4v) is 3.53. The van der Waals surface area contributed by atoms with Crippen LogP contribution in [0, 0.1) is 34.5 Å². The summed E-state index contributed by atoms with van der Waals surface area (Å²) in [5.74, 6) is 0.610. The Bertz CT molecular complexity index is 854. The van der Waals surface area contributed by atoms with Crippen LogP contribution in [0.15, 0.2) is 48.5 Å². The van der Waals surface area contributed by atoms with Gasteiger partial charge in [-0.3, -0.25) is 4.79 Å². The molecule has 26 heavy (non-hydrogen) atoms. The van der Waals surface area contributed by atoms with Gasteiger partial charge >= 0.3 is 5.97 Å². The minimum atomic E-state index is -0.239. The minimum absolute atomic E-state index is 0.0943. The molecule has 0 aromatic heterocycles. The molecular formula is C22H20N2O2. The monoisotopic (exact) mass is 344 g/mol. The van der Waals surface area contributed by atoms with E-state index in [1.807, 2.05) is 18.2 Å². The normalized spacial score (nSPS) is 19.2. The molecule has 0 aliphatic heterocycles. The van der Waals surface area contributed by atoms with Crippen LogP contribution in [0.4, 0.5) is 0 Å². The lowest BCUT2D eigenvalue weighted by molar-refractivity contribution is -0.140. The third-order valence-electron chi connectivity index (χ3n) is 5.00. The summed E-state index contributed by atoms with van der Waals surface area (Å²) in [6, 6.07) is 18.9. The third-order valence-corrected chi connectivity index (χ3v) is 5.00.